The van der Waals surface area contributed by atoms with Gasteiger partial charge in [0.25, 0.3) is 0 Å². The molecule has 0 rings (SSSR count). The van der Waals surface area contributed by atoms with Crippen LogP contribution in [0.15, 0.2) is 4.99 Å². The van der Waals surface area contributed by atoms with Crippen LogP contribution in [0.25, 0.3) is 0 Å². The summed E-state index contributed by atoms with van der Waals surface area (Å²) in [4.78, 5) is 15.6. The quantitative estimate of drug-likeness (QED) is 0.236. The van der Waals surface area contributed by atoms with E-state index < -0.39 is 0 Å². The van der Waals surface area contributed by atoms with E-state index in [0.29, 0.717) is 19.4 Å². The Balaban J connectivity index is 0. The van der Waals surface area contributed by atoms with Crippen LogP contribution in [0.5, 0.6) is 0 Å². The lowest BCUT2D eigenvalue weighted by Crippen LogP contribution is -2.37. The predicted octanol–water partition coefficient (Wildman–Crippen LogP) is 1.91. The zero-order chi connectivity index (χ0) is 13.1. The smallest absolute Gasteiger partial charge is 0.306 e. The molecular weight excluding hydrogens is 345 g/mol. The first-order chi connectivity index (χ1) is 8.10. The van der Waals surface area contributed by atoms with Gasteiger partial charge in [-0.05, 0) is 34.1 Å². The van der Waals surface area contributed by atoms with Gasteiger partial charge in [0.15, 0.2) is 5.96 Å². The summed E-state index contributed by atoms with van der Waals surface area (Å²) < 4.78 is 5.03. The molecule has 0 amide bonds. The summed E-state index contributed by atoms with van der Waals surface area (Å²) in [7, 11) is 0. The highest BCUT2D eigenvalue weighted by Crippen LogP contribution is 1.97. The van der Waals surface area contributed by atoms with Crippen LogP contribution in [-0.2, 0) is 9.53 Å². The van der Waals surface area contributed by atoms with E-state index >= 15 is 0 Å². The van der Waals surface area contributed by atoms with Crippen molar-refractivity contribution in [3.8, 4) is 0 Å². The Kier molecular flexibility index (Phi) is 14.2. The molecule has 0 atom stereocenters. The number of ether oxygens (including phenoxy) is 1. The molecule has 0 aromatic carbocycles. The van der Waals surface area contributed by atoms with Crippen molar-refractivity contribution in [2.75, 3.05) is 19.6 Å². The molecule has 0 bridgehead atoms. The number of aliphatic imine (C=N–C) groups is 1. The fraction of sp³-hybridized carbons (Fsp3) is 0.833. The number of esters is 1. The average molecular weight is 371 g/mol. The summed E-state index contributed by atoms with van der Waals surface area (Å²) in [5.41, 5.74) is 0. The second-order valence-corrected chi connectivity index (χ2v) is 3.93. The second-order valence-electron chi connectivity index (χ2n) is 3.93. The van der Waals surface area contributed by atoms with Gasteiger partial charge in [-0.1, -0.05) is 0 Å². The molecule has 0 aromatic rings. The van der Waals surface area contributed by atoms with Gasteiger partial charge in [-0.25, -0.2) is 0 Å². The van der Waals surface area contributed by atoms with Gasteiger partial charge < -0.3 is 15.4 Å². The number of hydrogen-bond donors (Lipinski definition) is 2. The molecule has 0 unspecified atom stereocenters. The van der Waals surface area contributed by atoms with E-state index in [4.69, 9.17) is 4.74 Å². The van der Waals surface area contributed by atoms with Crippen molar-refractivity contribution in [3.05, 3.63) is 0 Å². The Hall–Kier alpha value is -0.530. The van der Waals surface area contributed by atoms with E-state index in [1.165, 1.54) is 0 Å². The lowest BCUT2D eigenvalue weighted by Gasteiger charge is -2.09. The number of guanidine groups is 1. The van der Waals surface area contributed by atoms with E-state index in [9.17, 15) is 4.79 Å². The molecule has 0 fully saturated rings. The molecule has 5 nitrogen and oxygen atoms in total. The van der Waals surface area contributed by atoms with Crippen LogP contribution in [0.1, 0.15) is 40.5 Å². The van der Waals surface area contributed by atoms with Gasteiger partial charge in [0.05, 0.1) is 6.10 Å². The Morgan fingerprint density at radius 3 is 2.22 bits per heavy atom. The van der Waals surface area contributed by atoms with E-state index in [1.807, 2.05) is 27.7 Å². The Morgan fingerprint density at radius 1 is 1.22 bits per heavy atom. The van der Waals surface area contributed by atoms with Gasteiger partial charge in [0.2, 0.25) is 0 Å². The third-order valence-corrected chi connectivity index (χ3v) is 1.86. The highest BCUT2D eigenvalue weighted by molar-refractivity contribution is 14.0. The molecular formula is C12H26IN3O2. The molecule has 0 saturated carbocycles. The van der Waals surface area contributed by atoms with Crippen molar-refractivity contribution in [3.63, 3.8) is 0 Å². The van der Waals surface area contributed by atoms with E-state index in [1.54, 1.807) is 0 Å². The molecule has 108 valence electrons. The van der Waals surface area contributed by atoms with Gasteiger partial charge in [0, 0.05) is 26.1 Å². The van der Waals surface area contributed by atoms with Crippen LogP contribution in [0.3, 0.4) is 0 Å². The molecule has 0 saturated heterocycles. The number of nitrogens with one attached hydrogen (secondary N) is 2. The first-order valence-electron chi connectivity index (χ1n) is 6.31. The van der Waals surface area contributed by atoms with Crippen LogP contribution in [0.4, 0.5) is 0 Å². The third-order valence-electron chi connectivity index (χ3n) is 1.86. The summed E-state index contributed by atoms with van der Waals surface area (Å²) in [6.07, 6.45) is 1.10. The first kappa shape index (κ1) is 19.8. The summed E-state index contributed by atoms with van der Waals surface area (Å²) >= 11 is 0. The fourth-order valence-electron chi connectivity index (χ4n) is 1.25. The van der Waals surface area contributed by atoms with Gasteiger partial charge in [-0.2, -0.15) is 0 Å². The van der Waals surface area contributed by atoms with Crippen molar-refractivity contribution in [2.24, 2.45) is 4.99 Å². The molecule has 0 aliphatic carbocycles. The van der Waals surface area contributed by atoms with E-state index in [0.717, 1.165) is 19.0 Å². The number of nitrogens with zero attached hydrogens (tertiary/aromatic N) is 1. The average Bonchev–Trinajstić information content (AvgIpc) is 2.24. The number of hydrogen-bond acceptors (Lipinski definition) is 3. The van der Waals surface area contributed by atoms with Gasteiger partial charge in [-0.15, -0.1) is 24.0 Å². The molecule has 0 aliphatic heterocycles. The summed E-state index contributed by atoms with van der Waals surface area (Å²) in [5.74, 6) is 0.649. The standard InChI is InChI=1S/C12H25N3O2.HI/c1-5-13-12(14-6-2)15-9-7-8-11(16)17-10(3)4;/h10H,5-9H2,1-4H3,(H2,13,14,15);1H. The van der Waals surface area contributed by atoms with Crippen LogP contribution in [-0.4, -0.2) is 37.7 Å². The molecule has 2 N–H and O–H groups in total. The number of rotatable bonds is 7. The number of carbonyl (C=O) groups is 1. The molecule has 0 spiro atoms. The fourth-order valence-corrected chi connectivity index (χ4v) is 1.25. The highest BCUT2D eigenvalue weighted by Gasteiger charge is 2.04. The van der Waals surface area contributed by atoms with Crippen LogP contribution >= 0.6 is 24.0 Å². The van der Waals surface area contributed by atoms with Gasteiger partial charge in [0.1, 0.15) is 0 Å². The Labute approximate surface area is 127 Å². The summed E-state index contributed by atoms with van der Waals surface area (Å²) in [6, 6.07) is 0. The van der Waals surface area contributed by atoms with Gasteiger partial charge in [-0.3, -0.25) is 9.79 Å². The van der Waals surface area contributed by atoms with Crippen molar-refractivity contribution in [1.82, 2.24) is 10.6 Å². The van der Waals surface area contributed by atoms with E-state index in [-0.39, 0.29) is 36.0 Å². The zero-order valence-electron chi connectivity index (χ0n) is 11.8. The van der Waals surface area contributed by atoms with Crippen molar-refractivity contribution < 1.29 is 9.53 Å². The SMILES string of the molecule is CCNC(=NCCCC(=O)OC(C)C)NCC.I. The lowest BCUT2D eigenvalue weighted by atomic mass is 10.3. The lowest BCUT2D eigenvalue weighted by molar-refractivity contribution is -0.147. The normalized spacial score (nSPS) is 9.39. The predicted molar refractivity (Wildman–Crippen MR) is 85.5 cm³/mol. The maximum atomic E-state index is 11.2. The maximum absolute atomic E-state index is 11.2. The van der Waals surface area contributed by atoms with Crippen LogP contribution < -0.4 is 10.6 Å². The number of carbonyl (C=O) groups excluding carboxylic acids is 1. The minimum absolute atomic E-state index is 0. The monoisotopic (exact) mass is 371 g/mol. The van der Waals surface area contributed by atoms with Gasteiger partial charge >= 0.3 is 5.97 Å². The Bertz CT molecular complexity index is 237. The van der Waals surface area contributed by atoms with Crippen LogP contribution in [0.2, 0.25) is 0 Å². The maximum Gasteiger partial charge on any atom is 0.306 e. The van der Waals surface area contributed by atoms with Crippen molar-refractivity contribution >= 4 is 35.9 Å². The summed E-state index contributed by atoms with van der Waals surface area (Å²) in [5, 5.41) is 6.25. The largest absolute Gasteiger partial charge is 0.463 e. The Morgan fingerprint density at radius 2 is 1.78 bits per heavy atom. The van der Waals surface area contributed by atoms with Crippen molar-refractivity contribution in [2.45, 2.75) is 46.6 Å². The second kappa shape index (κ2) is 12.9. The molecule has 6 heteroatoms. The number of halogens is 1. The molecule has 0 radical (unpaired) electrons. The highest BCUT2D eigenvalue weighted by atomic mass is 127. The van der Waals surface area contributed by atoms with Crippen LogP contribution in [0, 0.1) is 0 Å². The third kappa shape index (κ3) is 11.9. The topological polar surface area (TPSA) is 62.7 Å². The molecule has 0 aromatic heterocycles. The minimum atomic E-state index is -0.149. The molecule has 0 aliphatic rings. The van der Waals surface area contributed by atoms with Crippen molar-refractivity contribution in [1.29, 1.82) is 0 Å². The van der Waals surface area contributed by atoms with E-state index in [2.05, 4.69) is 15.6 Å². The first-order valence-corrected chi connectivity index (χ1v) is 6.31. The zero-order valence-corrected chi connectivity index (χ0v) is 14.1. The molecule has 18 heavy (non-hydrogen) atoms. The summed E-state index contributed by atoms with van der Waals surface area (Å²) in [6.45, 7) is 10.0. The molecule has 0 heterocycles. The minimum Gasteiger partial charge on any atom is -0.463 e.